The number of anilines is 3. The van der Waals surface area contributed by atoms with E-state index in [2.05, 4.69) is 15.3 Å². The van der Waals surface area contributed by atoms with Crippen LogP contribution in [0.3, 0.4) is 0 Å². The molecule has 0 aliphatic heterocycles. The van der Waals surface area contributed by atoms with Crippen molar-refractivity contribution in [2.75, 3.05) is 23.3 Å². The Labute approximate surface area is 116 Å². The zero-order chi connectivity index (χ0) is 14.5. The van der Waals surface area contributed by atoms with Crippen molar-refractivity contribution < 1.29 is 8.78 Å². The summed E-state index contributed by atoms with van der Waals surface area (Å²) in [5, 5.41) is 2.91. The van der Waals surface area contributed by atoms with Gasteiger partial charge in [0, 0.05) is 13.1 Å². The van der Waals surface area contributed by atoms with Gasteiger partial charge in [-0.25, -0.2) is 13.8 Å². The average Bonchev–Trinajstić information content (AvgIpc) is 2.45. The van der Waals surface area contributed by atoms with Crippen LogP contribution in [-0.4, -0.2) is 23.1 Å². The lowest BCUT2D eigenvalue weighted by molar-refractivity contribution is 0.604. The van der Waals surface area contributed by atoms with Crippen molar-refractivity contribution in [3.63, 3.8) is 0 Å². The molecule has 1 aromatic carbocycles. The molecule has 6 heteroatoms. The van der Waals surface area contributed by atoms with E-state index in [9.17, 15) is 8.78 Å². The summed E-state index contributed by atoms with van der Waals surface area (Å²) in [6.45, 7) is 4.71. The highest BCUT2D eigenvalue weighted by Crippen LogP contribution is 2.28. The molecular formula is C14H16F2N4. The lowest BCUT2D eigenvalue weighted by atomic mass is 10.2. The van der Waals surface area contributed by atoms with E-state index < -0.39 is 11.6 Å². The number of para-hydroxylation sites is 1. The molecule has 20 heavy (non-hydrogen) atoms. The van der Waals surface area contributed by atoms with E-state index >= 15 is 0 Å². The second-order valence-electron chi connectivity index (χ2n) is 4.09. The molecule has 106 valence electrons. The smallest absolute Gasteiger partial charge is 0.224 e. The van der Waals surface area contributed by atoms with Crippen molar-refractivity contribution in [3.8, 4) is 0 Å². The number of hydrogen-bond acceptors (Lipinski definition) is 4. The molecule has 1 heterocycles. The summed E-state index contributed by atoms with van der Waals surface area (Å²) in [5.41, 5.74) is 0.287. The molecule has 0 atom stereocenters. The van der Waals surface area contributed by atoms with Gasteiger partial charge in [-0.15, -0.1) is 0 Å². The van der Waals surface area contributed by atoms with E-state index in [1.807, 2.05) is 6.92 Å². The minimum atomic E-state index is -0.586. The maximum Gasteiger partial charge on any atom is 0.224 e. The Bertz CT molecular complexity index is 589. The number of benzene rings is 1. The van der Waals surface area contributed by atoms with Crippen LogP contribution in [0.2, 0.25) is 0 Å². The lowest BCUT2D eigenvalue weighted by Gasteiger charge is -2.23. The molecule has 1 aromatic heterocycles. The Morgan fingerprint density at radius 3 is 2.55 bits per heavy atom. The van der Waals surface area contributed by atoms with Gasteiger partial charge in [-0.3, -0.25) is 0 Å². The summed E-state index contributed by atoms with van der Waals surface area (Å²) >= 11 is 0. The molecule has 0 aliphatic carbocycles. The molecule has 1 N–H and O–H groups in total. The lowest BCUT2D eigenvalue weighted by Crippen LogP contribution is -2.21. The van der Waals surface area contributed by atoms with E-state index in [-0.39, 0.29) is 11.5 Å². The number of nitrogens with one attached hydrogen (secondary N) is 1. The van der Waals surface area contributed by atoms with Crippen LogP contribution in [0, 0.1) is 11.6 Å². The second-order valence-corrected chi connectivity index (χ2v) is 4.09. The van der Waals surface area contributed by atoms with Crippen molar-refractivity contribution in [3.05, 3.63) is 42.1 Å². The zero-order valence-corrected chi connectivity index (χ0v) is 11.4. The molecular weight excluding hydrogens is 262 g/mol. The quantitative estimate of drug-likeness (QED) is 0.910. The first-order valence-electron chi connectivity index (χ1n) is 6.45. The third kappa shape index (κ3) is 2.84. The molecule has 2 aromatic rings. The Balaban J connectivity index is 2.46. The molecule has 4 nitrogen and oxygen atoms in total. The van der Waals surface area contributed by atoms with Gasteiger partial charge in [0.1, 0.15) is 5.82 Å². The van der Waals surface area contributed by atoms with E-state index in [1.165, 1.54) is 11.0 Å². The van der Waals surface area contributed by atoms with Crippen molar-refractivity contribution in [1.29, 1.82) is 0 Å². The van der Waals surface area contributed by atoms with Crippen molar-refractivity contribution in [1.82, 2.24) is 9.97 Å². The van der Waals surface area contributed by atoms with Crippen LogP contribution in [0.1, 0.15) is 13.8 Å². The highest BCUT2D eigenvalue weighted by Gasteiger charge is 2.18. The summed E-state index contributed by atoms with van der Waals surface area (Å²) in [7, 11) is 0. The maximum atomic E-state index is 13.9. The second kappa shape index (κ2) is 6.27. The highest BCUT2D eigenvalue weighted by molar-refractivity contribution is 5.61. The molecule has 0 unspecified atom stereocenters. The van der Waals surface area contributed by atoms with Gasteiger partial charge in [0.25, 0.3) is 0 Å². The number of aromatic nitrogens is 2. The van der Waals surface area contributed by atoms with E-state index in [4.69, 9.17) is 0 Å². The minimum absolute atomic E-state index is 0.0588. The van der Waals surface area contributed by atoms with Gasteiger partial charge >= 0.3 is 0 Å². The maximum absolute atomic E-state index is 13.9. The molecule has 2 rings (SSSR count). The molecule has 0 aliphatic rings. The number of halogens is 2. The van der Waals surface area contributed by atoms with Crippen LogP contribution in [0.5, 0.6) is 0 Å². The van der Waals surface area contributed by atoms with Gasteiger partial charge in [0.2, 0.25) is 5.95 Å². The molecule has 0 spiro atoms. The fourth-order valence-electron chi connectivity index (χ4n) is 1.90. The van der Waals surface area contributed by atoms with Gasteiger partial charge in [0.15, 0.2) is 11.6 Å². The van der Waals surface area contributed by atoms with Gasteiger partial charge < -0.3 is 10.2 Å². The average molecular weight is 278 g/mol. The van der Waals surface area contributed by atoms with Gasteiger partial charge in [-0.2, -0.15) is 4.98 Å². The summed E-state index contributed by atoms with van der Waals surface area (Å²) in [6.07, 6.45) is 1.09. The highest BCUT2D eigenvalue weighted by atomic mass is 19.1. The van der Waals surface area contributed by atoms with E-state index in [1.54, 1.807) is 25.1 Å². The van der Waals surface area contributed by atoms with Crippen LogP contribution < -0.4 is 10.2 Å². The van der Waals surface area contributed by atoms with Crippen LogP contribution >= 0.6 is 0 Å². The van der Waals surface area contributed by atoms with Gasteiger partial charge in [-0.05, 0) is 26.0 Å². The standard InChI is InChI=1S/C14H16F2N4/c1-3-17-14-18-9-11(16)13(19-14)20(4-2)12-8-6-5-7-10(12)15/h5-9H,3-4H2,1-2H3,(H,17,18,19). The summed E-state index contributed by atoms with van der Waals surface area (Å²) in [4.78, 5) is 9.44. The third-order valence-electron chi connectivity index (χ3n) is 2.78. The minimum Gasteiger partial charge on any atom is -0.354 e. The third-order valence-corrected chi connectivity index (χ3v) is 2.78. The number of nitrogens with zero attached hydrogens (tertiary/aromatic N) is 3. The predicted molar refractivity (Wildman–Crippen MR) is 75.2 cm³/mol. The van der Waals surface area contributed by atoms with Crippen LogP contribution in [0.15, 0.2) is 30.5 Å². The van der Waals surface area contributed by atoms with Crippen LogP contribution in [-0.2, 0) is 0 Å². The number of rotatable bonds is 5. The number of hydrogen-bond donors (Lipinski definition) is 1. The Morgan fingerprint density at radius 2 is 1.90 bits per heavy atom. The molecule has 0 bridgehead atoms. The molecule has 0 radical (unpaired) electrons. The Kier molecular flexibility index (Phi) is 4.45. The SMILES string of the molecule is CCNc1ncc(F)c(N(CC)c2ccccc2F)n1. The fourth-order valence-corrected chi connectivity index (χ4v) is 1.90. The molecule has 0 amide bonds. The monoisotopic (exact) mass is 278 g/mol. The van der Waals surface area contributed by atoms with Crippen LogP contribution in [0.25, 0.3) is 0 Å². The van der Waals surface area contributed by atoms with Crippen LogP contribution in [0.4, 0.5) is 26.2 Å². The van der Waals surface area contributed by atoms with Crippen molar-refractivity contribution in [2.45, 2.75) is 13.8 Å². The fraction of sp³-hybridized carbons (Fsp3) is 0.286. The summed E-state index contributed by atoms with van der Waals surface area (Å²) in [6, 6.07) is 6.22. The Hall–Kier alpha value is -2.24. The van der Waals surface area contributed by atoms with Gasteiger partial charge in [-0.1, -0.05) is 12.1 Å². The first-order valence-corrected chi connectivity index (χ1v) is 6.45. The normalized spacial score (nSPS) is 10.4. The first-order chi connectivity index (χ1) is 9.67. The summed E-state index contributed by atoms with van der Waals surface area (Å²) in [5.74, 6) is -0.628. The predicted octanol–water partition coefficient (Wildman–Crippen LogP) is 3.34. The van der Waals surface area contributed by atoms with Crippen molar-refractivity contribution in [2.24, 2.45) is 0 Å². The molecule has 0 saturated heterocycles. The molecule has 0 saturated carbocycles. The topological polar surface area (TPSA) is 41.1 Å². The van der Waals surface area contributed by atoms with E-state index in [0.717, 1.165) is 6.20 Å². The summed E-state index contributed by atoms with van der Waals surface area (Å²) < 4.78 is 27.8. The van der Waals surface area contributed by atoms with Gasteiger partial charge in [0.05, 0.1) is 11.9 Å². The van der Waals surface area contributed by atoms with E-state index in [0.29, 0.717) is 19.0 Å². The van der Waals surface area contributed by atoms with Crippen molar-refractivity contribution >= 4 is 17.5 Å². The Morgan fingerprint density at radius 1 is 1.15 bits per heavy atom. The zero-order valence-electron chi connectivity index (χ0n) is 11.4. The first kappa shape index (κ1) is 14.2. The largest absolute Gasteiger partial charge is 0.354 e. The molecule has 0 fully saturated rings.